The molecule has 1 aliphatic heterocycles. The Hall–Kier alpha value is -0.0800. The lowest BCUT2D eigenvalue weighted by Crippen LogP contribution is -2.45. The summed E-state index contributed by atoms with van der Waals surface area (Å²) in [5.74, 6) is 0.997. The second-order valence-electron chi connectivity index (χ2n) is 6.64. The Morgan fingerprint density at radius 1 is 1.06 bits per heavy atom. The first-order chi connectivity index (χ1) is 8.74. The molecule has 2 rings (SSSR count). The summed E-state index contributed by atoms with van der Waals surface area (Å²) >= 11 is 0. The van der Waals surface area contributed by atoms with E-state index in [0.29, 0.717) is 5.41 Å². The summed E-state index contributed by atoms with van der Waals surface area (Å²) in [6, 6.07) is 0.886. The van der Waals surface area contributed by atoms with Crippen molar-refractivity contribution in [3.8, 4) is 0 Å². The van der Waals surface area contributed by atoms with Gasteiger partial charge in [0.1, 0.15) is 0 Å². The number of nitrogens with two attached hydrogens (primary N) is 1. The summed E-state index contributed by atoms with van der Waals surface area (Å²) in [5, 5.41) is 0. The van der Waals surface area contributed by atoms with Crippen LogP contribution in [0.2, 0.25) is 0 Å². The number of likely N-dealkylation sites (tertiary alicyclic amines) is 1. The van der Waals surface area contributed by atoms with E-state index in [-0.39, 0.29) is 0 Å². The van der Waals surface area contributed by atoms with Gasteiger partial charge >= 0.3 is 0 Å². The fourth-order valence-corrected chi connectivity index (χ4v) is 4.18. The minimum atomic E-state index is 0.376. The third-order valence-electron chi connectivity index (χ3n) is 5.83. The van der Waals surface area contributed by atoms with Crippen LogP contribution in [0.1, 0.15) is 65.2 Å². The van der Waals surface area contributed by atoms with E-state index in [1.807, 2.05) is 0 Å². The molecule has 2 nitrogen and oxygen atoms in total. The van der Waals surface area contributed by atoms with Gasteiger partial charge in [0.25, 0.3) is 0 Å². The zero-order chi connectivity index (χ0) is 13.0. The summed E-state index contributed by atoms with van der Waals surface area (Å²) in [6.45, 7) is 8.06. The first-order valence-electron chi connectivity index (χ1n) is 8.19. The second-order valence-corrected chi connectivity index (χ2v) is 6.64. The lowest BCUT2D eigenvalue weighted by Gasteiger charge is -2.39. The van der Waals surface area contributed by atoms with Crippen molar-refractivity contribution in [3.05, 3.63) is 0 Å². The molecule has 106 valence electrons. The molecule has 1 atom stereocenters. The predicted octanol–water partition coefficient (Wildman–Crippen LogP) is 3.41. The van der Waals surface area contributed by atoms with E-state index in [4.69, 9.17) is 5.73 Å². The third kappa shape index (κ3) is 2.91. The molecular formula is C16H32N2. The van der Waals surface area contributed by atoms with Gasteiger partial charge in [0, 0.05) is 12.6 Å². The lowest BCUT2D eigenvalue weighted by atomic mass is 9.81. The SMILES string of the molecule is CCC(CC)(CN)CN1CCCC1C1CCCC1. The number of hydrogen-bond donors (Lipinski definition) is 1. The van der Waals surface area contributed by atoms with Crippen LogP contribution >= 0.6 is 0 Å². The molecule has 18 heavy (non-hydrogen) atoms. The topological polar surface area (TPSA) is 29.3 Å². The van der Waals surface area contributed by atoms with Gasteiger partial charge in [-0.25, -0.2) is 0 Å². The third-order valence-corrected chi connectivity index (χ3v) is 5.83. The highest BCUT2D eigenvalue weighted by Gasteiger charge is 2.37. The van der Waals surface area contributed by atoms with Gasteiger partial charge in [-0.15, -0.1) is 0 Å². The Kier molecular flexibility index (Phi) is 5.08. The molecule has 1 saturated heterocycles. The zero-order valence-electron chi connectivity index (χ0n) is 12.5. The first-order valence-corrected chi connectivity index (χ1v) is 8.19. The molecule has 2 N–H and O–H groups in total. The predicted molar refractivity (Wildman–Crippen MR) is 78.6 cm³/mol. The molecule has 1 unspecified atom stereocenters. The van der Waals surface area contributed by atoms with E-state index in [2.05, 4.69) is 18.7 Å². The summed E-state index contributed by atoms with van der Waals surface area (Å²) in [4.78, 5) is 2.80. The highest BCUT2D eigenvalue weighted by molar-refractivity contribution is 4.91. The molecule has 0 aromatic rings. The summed E-state index contributed by atoms with van der Waals surface area (Å²) in [6.07, 6.45) is 11.2. The maximum absolute atomic E-state index is 6.08. The van der Waals surface area contributed by atoms with E-state index in [1.165, 1.54) is 64.5 Å². The summed E-state index contributed by atoms with van der Waals surface area (Å²) in [5.41, 5.74) is 6.46. The average Bonchev–Trinajstić information content (AvgIpc) is 3.06. The standard InChI is InChI=1S/C16H32N2/c1-3-16(4-2,12-17)13-18-11-7-10-15(18)14-8-5-6-9-14/h14-15H,3-13,17H2,1-2H3. The van der Waals surface area contributed by atoms with Gasteiger partial charge in [-0.05, 0) is 62.9 Å². The van der Waals surface area contributed by atoms with Crippen molar-refractivity contribution in [1.82, 2.24) is 4.90 Å². The van der Waals surface area contributed by atoms with Crippen LogP contribution in [0.15, 0.2) is 0 Å². The van der Waals surface area contributed by atoms with Crippen molar-refractivity contribution in [2.45, 2.75) is 71.3 Å². The molecule has 2 fully saturated rings. The van der Waals surface area contributed by atoms with Crippen LogP contribution < -0.4 is 5.73 Å². The Balaban J connectivity index is 1.98. The Morgan fingerprint density at radius 3 is 2.28 bits per heavy atom. The molecule has 1 aliphatic carbocycles. The molecule has 0 radical (unpaired) electrons. The van der Waals surface area contributed by atoms with E-state index in [1.54, 1.807) is 0 Å². The minimum Gasteiger partial charge on any atom is -0.330 e. The van der Waals surface area contributed by atoms with Gasteiger partial charge < -0.3 is 5.73 Å². The van der Waals surface area contributed by atoms with Gasteiger partial charge in [0.2, 0.25) is 0 Å². The normalized spacial score (nSPS) is 27.2. The fourth-order valence-electron chi connectivity index (χ4n) is 4.18. The van der Waals surface area contributed by atoms with Crippen LogP contribution in [-0.2, 0) is 0 Å². The molecular weight excluding hydrogens is 220 g/mol. The van der Waals surface area contributed by atoms with Gasteiger partial charge in [0.15, 0.2) is 0 Å². The smallest absolute Gasteiger partial charge is 0.0124 e. The summed E-state index contributed by atoms with van der Waals surface area (Å²) in [7, 11) is 0. The monoisotopic (exact) mass is 252 g/mol. The van der Waals surface area contributed by atoms with Crippen molar-refractivity contribution in [2.24, 2.45) is 17.1 Å². The lowest BCUT2D eigenvalue weighted by molar-refractivity contribution is 0.107. The molecule has 0 aromatic heterocycles. The van der Waals surface area contributed by atoms with Crippen molar-refractivity contribution in [1.29, 1.82) is 0 Å². The average molecular weight is 252 g/mol. The molecule has 0 spiro atoms. The minimum absolute atomic E-state index is 0.376. The van der Waals surface area contributed by atoms with Crippen LogP contribution in [-0.4, -0.2) is 30.6 Å². The molecule has 1 saturated carbocycles. The van der Waals surface area contributed by atoms with Crippen LogP contribution in [0, 0.1) is 11.3 Å². The number of nitrogens with zero attached hydrogens (tertiary/aromatic N) is 1. The zero-order valence-corrected chi connectivity index (χ0v) is 12.5. The quantitative estimate of drug-likeness (QED) is 0.785. The van der Waals surface area contributed by atoms with E-state index in [9.17, 15) is 0 Å². The van der Waals surface area contributed by atoms with Gasteiger partial charge in [-0.1, -0.05) is 26.7 Å². The van der Waals surface area contributed by atoms with Crippen LogP contribution in [0.5, 0.6) is 0 Å². The molecule has 0 bridgehead atoms. The molecule has 2 aliphatic rings. The van der Waals surface area contributed by atoms with Crippen LogP contribution in [0.25, 0.3) is 0 Å². The molecule has 0 amide bonds. The van der Waals surface area contributed by atoms with Crippen LogP contribution in [0.3, 0.4) is 0 Å². The van der Waals surface area contributed by atoms with Gasteiger partial charge in [-0.2, -0.15) is 0 Å². The highest BCUT2D eigenvalue weighted by Crippen LogP contribution is 2.37. The van der Waals surface area contributed by atoms with Gasteiger partial charge in [-0.3, -0.25) is 4.90 Å². The van der Waals surface area contributed by atoms with Crippen molar-refractivity contribution in [2.75, 3.05) is 19.6 Å². The Morgan fingerprint density at radius 2 is 1.72 bits per heavy atom. The number of rotatable bonds is 6. The maximum atomic E-state index is 6.08. The Bertz CT molecular complexity index is 233. The Labute approximate surface area is 113 Å². The summed E-state index contributed by atoms with van der Waals surface area (Å²) < 4.78 is 0. The molecule has 2 heteroatoms. The van der Waals surface area contributed by atoms with Crippen molar-refractivity contribution >= 4 is 0 Å². The van der Waals surface area contributed by atoms with Crippen molar-refractivity contribution < 1.29 is 0 Å². The van der Waals surface area contributed by atoms with E-state index >= 15 is 0 Å². The second kappa shape index (κ2) is 6.38. The van der Waals surface area contributed by atoms with Crippen molar-refractivity contribution in [3.63, 3.8) is 0 Å². The fraction of sp³-hybridized carbons (Fsp3) is 1.00. The van der Waals surface area contributed by atoms with Gasteiger partial charge in [0.05, 0.1) is 0 Å². The van der Waals surface area contributed by atoms with E-state index < -0.39 is 0 Å². The molecule has 1 heterocycles. The largest absolute Gasteiger partial charge is 0.330 e. The highest BCUT2D eigenvalue weighted by atomic mass is 15.2. The number of hydrogen-bond acceptors (Lipinski definition) is 2. The maximum Gasteiger partial charge on any atom is 0.0124 e. The van der Waals surface area contributed by atoms with E-state index in [0.717, 1.165) is 18.5 Å². The molecule has 0 aromatic carbocycles. The van der Waals surface area contributed by atoms with Crippen LogP contribution in [0.4, 0.5) is 0 Å². The first kappa shape index (κ1) is 14.3.